The van der Waals surface area contributed by atoms with E-state index in [2.05, 4.69) is 35.3 Å². The molecule has 0 aromatic carbocycles. The maximum atomic E-state index is 5.53. The average Bonchev–Trinajstić information content (AvgIpc) is 2.76. The Bertz CT molecular complexity index is 494. The van der Waals surface area contributed by atoms with Crippen LogP contribution >= 0.6 is 0 Å². The predicted molar refractivity (Wildman–Crippen MR) is 61.4 cm³/mol. The first-order valence-electron chi connectivity index (χ1n) is 5.55. The topological polar surface area (TPSA) is 29.8 Å². The van der Waals surface area contributed by atoms with Crippen LogP contribution in [0.4, 0.5) is 0 Å². The zero-order valence-electron chi connectivity index (χ0n) is 9.34. The van der Waals surface area contributed by atoms with Gasteiger partial charge in [-0.15, -0.1) is 0 Å². The molecule has 3 rings (SSSR count). The van der Waals surface area contributed by atoms with E-state index in [1.165, 1.54) is 5.56 Å². The van der Waals surface area contributed by atoms with Crippen molar-refractivity contribution >= 4 is 5.65 Å². The molecule has 1 fully saturated rings. The van der Waals surface area contributed by atoms with Gasteiger partial charge in [-0.25, -0.2) is 4.98 Å². The summed E-state index contributed by atoms with van der Waals surface area (Å²) < 4.78 is 7.55. The third-order valence-electron chi connectivity index (χ3n) is 3.20. The monoisotopic (exact) mass is 217 g/mol. The number of imidazole rings is 1. The third-order valence-corrected chi connectivity index (χ3v) is 3.20. The molecule has 0 spiro atoms. The fourth-order valence-corrected chi connectivity index (χ4v) is 2.17. The zero-order chi connectivity index (χ0) is 11.0. The Balaban J connectivity index is 1.97. The van der Waals surface area contributed by atoms with Gasteiger partial charge in [-0.2, -0.15) is 0 Å². The number of hydrogen-bond donors (Lipinski definition) is 0. The summed E-state index contributed by atoms with van der Waals surface area (Å²) in [6.07, 6.45) is 5.83. The summed E-state index contributed by atoms with van der Waals surface area (Å²) >= 11 is 0. The van der Waals surface area contributed by atoms with Crippen LogP contribution in [0.15, 0.2) is 30.7 Å². The Labute approximate surface area is 94.5 Å². The average molecular weight is 217 g/mol. The summed E-state index contributed by atoms with van der Waals surface area (Å²) in [6, 6.07) is 4.64. The lowest BCUT2D eigenvalue weighted by atomic mass is 10.1. The van der Waals surface area contributed by atoms with Crippen LogP contribution in [0.25, 0.3) is 5.65 Å². The maximum Gasteiger partial charge on any atom is 0.136 e. The highest BCUT2D eigenvalue weighted by Gasteiger charge is 2.21. The number of nitrogens with zero attached hydrogens (tertiary/aromatic N) is 3. The summed E-state index contributed by atoms with van der Waals surface area (Å²) in [5, 5.41) is 0. The summed E-state index contributed by atoms with van der Waals surface area (Å²) in [5.41, 5.74) is 2.28. The van der Waals surface area contributed by atoms with Crippen molar-refractivity contribution in [2.75, 3.05) is 26.8 Å². The lowest BCUT2D eigenvalue weighted by molar-refractivity contribution is 0.00507. The summed E-state index contributed by atoms with van der Waals surface area (Å²) in [5.74, 6) is 0. The smallest absolute Gasteiger partial charge is 0.136 e. The van der Waals surface area contributed by atoms with Gasteiger partial charge < -0.3 is 9.14 Å². The van der Waals surface area contributed by atoms with E-state index in [0.717, 1.165) is 25.4 Å². The van der Waals surface area contributed by atoms with E-state index >= 15 is 0 Å². The molecular formula is C12H15N3O. The number of aromatic nitrogens is 2. The van der Waals surface area contributed by atoms with Gasteiger partial charge in [0.05, 0.1) is 19.3 Å². The summed E-state index contributed by atoms with van der Waals surface area (Å²) in [7, 11) is 2.14. The second kappa shape index (κ2) is 3.88. The molecule has 0 aliphatic carbocycles. The molecule has 84 valence electrons. The Morgan fingerprint density at radius 3 is 3.25 bits per heavy atom. The van der Waals surface area contributed by atoms with Crippen molar-refractivity contribution in [3.63, 3.8) is 0 Å². The van der Waals surface area contributed by atoms with E-state index in [1.54, 1.807) is 0 Å². The van der Waals surface area contributed by atoms with Gasteiger partial charge in [0.2, 0.25) is 0 Å². The van der Waals surface area contributed by atoms with Crippen LogP contribution in [0.2, 0.25) is 0 Å². The molecule has 4 nitrogen and oxygen atoms in total. The molecule has 0 radical (unpaired) electrons. The molecule has 0 saturated carbocycles. The minimum Gasteiger partial charge on any atom is -0.378 e. The molecular weight excluding hydrogens is 202 g/mol. The van der Waals surface area contributed by atoms with Gasteiger partial charge in [0, 0.05) is 25.1 Å². The second-order valence-corrected chi connectivity index (χ2v) is 4.22. The molecule has 1 atom stereocenters. The second-order valence-electron chi connectivity index (χ2n) is 4.22. The fraction of sp³-hybridized carbons (Fsp3) is 0.417. The molecule has 1 aliphatic rings. The summed E-state index contributed by atoms with van der Waals surface area (Å²) in [4.78, 5) is 6.63. The van der Waals surface area contributed by atoms with Crippen molar-refractivity contribution in [3.8, 4) is 0 Å². The first-order chi connectivity index (χ1) is 7.84. The van der Waals surface area contributed by atoms with Gasteiger partial charge in [0.15, 0.2) is 0 Å². The molecule has 1 unspecified atom stereocenters. The molecule has 1 saturated heterocycles. The molecule has 2 aromatic rings. The molecule has 16 heavy (non-hydrogen) atoms. The van der Waals surface area contributed by atoms with Gasteiger partial charge in [-0.05, 0) is 24.7 Å². The van der Waals surface area contributed by atoms with Crippen LogP contribution < -0.4 is 0 Å². The largest absolute Gasteiger partial charge is 0.378 e. The Hall–Kier alpha value is -1.39. The van der Waals surface area contributed by atoms with Crippen LogP contribution in [-0.2, 0) is 4.74 Å². The number of pyridine rings is 1. The SMILES string of the molecule is CN1CCOCC1c1ccn2ccnc2c1. The van der Waals surface area contributed by atoms with E-state index < -0.39 is 0 Å². The quantitative estimate of drug-likeness (QED) is 0.722. The van der Waals surface area contributed by atoms with Crippen LogP contribution in [0.3, 0.4) is 0 Å². The van der Waals surface area contributed by atoms with Gasteiger partial charge in [-0.3, -0.25) is 4.90 Å². The first kappa shape index (κ1) is 9.81. The van der Waals surface area contributed by atoms with Gasteiger partial charge >= 0.3 is 0 Å². The fourth-order valence-electron chi connectivity index (χ4n) is 2.17. The van der Waals surface area contributed by atoms with Crippen LogP contribution in [-0.4, -0.2) is 41.1 Å². The van der Waals surface area contributed by atoms with Crippen molar-refractivity contribution < 1.29 is 4.74 Å². The van der Waals surface area contributed by atoms with Crippen molar-refractivity contribution in [1.82, 2.24) is 14.3 Å². The van der Waals surface area contributed by atoms with Crippen LogP contribution in [0.1, 0.15) is 11.6 Å². The molecule has 0 amide bonds. The third kappa shape index (κ3) is 1.60. The number of morpholine rings is 1. The molecule has 4 heteroatoms. The Morgan fingerprint density at radius 1 is 1.44 bits per heavy atom. The number of ether oxygens (including phenoxy) is 1. The van der Waals surface area contributed by atoms with Crippen LogP contribution in [0.5, 0.6) is 0 Å². The molecule has 0 bridgehead atoms. The number of hydrogen-bond acceptors (Lipinski definition) is 3. The normalized spacial score (nSPS) is 22.7. The highest BCUT2D eigenvalue weighted by atomic mass is 16.5. The molecule has 0 N–H and O–H groups in total. The number of rotatable bonds is 1. The minimum atomic E-state index is 0.357. The number of fused-ring (bicyclic) bond motifs is 1. The molecule has 2 aromatic heterocycles. The molecule has 1 aliphatic heterocycles. The lowest BCUT2D eigenvalue weighted by Crippen LogP contribution is -2.36. The van der Waals surface area contributed by atoms with Crippen molar-refractivity contribution in [2.24, 2.45) is 0 Å². The van der Waals surface area contributed by atoms with Crippen LogP contribution in [0, 0.1) is 0 Å². The van der Waals surface area contributed by atoms with Crippen molar-refractivity contribution in [1.29, 1.82) is 0 Å². The summed E-state index contributed by atoms with van der Waals surface area (Å²) in [6.45, 7) is 2.59. The Morgan fingerprint density at radius 2 is 2.38 bits per heavy atom. The van der Waals surface area contributed by atoms with Gasteiger partial charge in [0.1, 0.15) is 5.65 Å². The first-order valence-corrected chi connectivity index (χ1v) is 5.55. The van der Waals surface area contributed by atoms with E-state index in [9.17, 15) is 0 Å². The minimum absolute atomic E-state index is 0.357. The van der Waals surface area contributed by atoms with E-state index in [1.807, 2.05) is 16.8 Å². The van der Waals surface area contributed by atoms with Crippen molar-refractivity contribution in [2.45, 2.75) is 6.04 Å². The standard InChI is InChI=1S/C12H15N3O/c1-14-6-7-16-9-11(14)10-2-4-15-5-3-13-12(15)8-10/h2-5,8,11H,6-7,9H2,1H3. The van der Waals surface area contributed by atoms with E-state index in [-0.39, 0.29) is 0 Å². The highest BCUT2D eigenvalue weighted by molar-refractivity contribution is 5.42. The zero-order valence-corrected chi connectivity index (χ0v) is 9.34. The predicted octanol–water partition coefficient (Wildman–Crippen LogP) is 1.34. The highest BCUT2D eigenvalue weighted by Crippen LogP contribution is 2.23. The van der Waals surface area contributed by atoms with Gasteiger partial charge in [-0.1, -0.05) is 0 Å². The van der Waals surface area contributed by atoms with Crippen molar-refractivity contribution in [3.05, 3.63) is 36.3 Å². The molecule has 3 heterocycles. The van der Waals surface area contributed by atoms with E-state index in [0.29, 0.717) is 6.04 Å². The lowest BCUT2D eigenvalue weighted by Gasteiger charge is -2.32. The van der Waals surface area contributed by atoms with E-state index in [4.69, 9.17) is 4.74 Å². The van der Waals surface area contributed by atoms with Gasteiger partial charge in [0.25, 0.3) is 0 Å². The Kier molecular flexibility index (Phi) is 2.38. The number of likely N-dealkylation sites (N-methyl/N-ethyl adjacent to an activating group) is 1. The maximum absolute atomic E-state index is 5.53.